The number of β-lactam (4-membered cyclic amide) rings is 1. The van der Waals surface area contributed by atoms with Gasteiger partial charge in [-0.15, -0.1) is 11.6 Å². The maximum Gasteiger partial charge on any atom is 0.329 e. The summed E-state index contributed by atoms with van der Waals surface area (Å²) < 4.78 is 11.4. The van der Waals surface area contributed by atoms with Crippen molar-refractivity contribution in [1.29, 1.82) is 0 Å². The number of carbonyl (C=O) groups excluding carboxylic acids is 2. The fourth-order valence-corrected chi connectivity index (χ4v) is 5.38. The number of anilines is 1. The first kappa shape index (κ1) is 16.9. The summed E-state index contributed by atoms with van der Waals surface area (Å²) in [6, 6.07) is 4.60. The molecule has 24 heavy (non-hydrogen) atoms. The Hall–Kier alpha value is -1.93. The molecule has 0 bridgehead atoms. The first-order valence-electron chi connectivity index (χ1n) is 7.26. The Balaban J connectivity index is 1.89. The number of amides is 2. The van der Waals surface area contributed by atoms with Crippen LogP contribution in [0, 0.1) is 0 Å². The first-order chi connectivity index (χ1) is 11.2. The summed E-state index contributed by atoms with van der Waals surface area (Å²) in [5.41, 5.74) is 0.534. The zero-order valence-corrected chi connectivity index (χ0v) is 14.3. The first-order valence-corrected chi connectivity index (χ1v) is 8.79. The second-order valence-electron chi connectivity index (χ2n) is 5.86. The number of fused-ring (bicyclic) bond motifs is 1. The summed E-state index contributed by atoms with van der Waals surface area (Å²) in [6.45, 7) is 1.37. The Kier molecular flexibility index (Phi) is 4.13. The second kappa shape index (κ2) is 5.86. The highest BCUT2D eigenvalue weighted by Crippen LogP contribution is 2.48. The Labute approximate surface area is 145 Å². The molecule has 0 aliphatic carbocycles. The number of carboxylic acids is 1. The van der Waals surface area contributed by atoms with Gasteiger partial charge in [-0.1, -0.05) is 0 Å². The minimum Gasteiger partial charge on any atom is -0.480 e. The van der Waals surface area contributed by atoms with E-state index >= 15 is 0 Å². The van der Waals surface area contributed by atoms with E-state index in [-0.39, 0.29) is 30.7 Å². The molecule has 2 amide bonds. The van der Waals surface area contributed by atoms with Gasteiger partial charge in [0, 0.05) is 36.4 Å². The van der Waals surface area contributed by atoms with Crippen LogP contribution < -0.4 is 5.32 Å². The molecule has 2 aliphatic rings. The molecular formula is C15H15ClN2O5S. The number of hydrogen-bond donors (Lipinski definition) is 2. The third kappa shape index (κ3) is 2.59. The molecule has 2 saturated heterocycles. The van der Waals surface area contributed by atoms with Crippen LogP contribution in [0.15, 0.2) is 29.2 Å². The van der Waals surface area contributed by atoms with E-state index in [0.29, 0.717) is 10.6 Å². The number of nitrogens with zero attached hydrogens (tertiary/aromatic N) is 1. The number of aliphatic carboxylic acids is 1. The number of carboxylic acid groups (broad SMARTS) is 1. The van der Waals surface area contributed by atoms with Gasteiger partial charge in [0.2, 0.25) is 11.8 Å². The molecule has 3 unspecified atom stereocenters. The zero-order valence-electron chi connectivity index (χ0n) is 12.7. The summed E-state index contributed by atoms with van der Waals surface area (Å²) >= 11 is 6.49. The Morgan fingerprint density at radius 2 is 2.00 bits per heavy atom. The number of alkyl halides is 1. The summed E-state index contributed by atoms with van der Waals surface area (Å²) in [4.78, 5) is 35.9. The number of benzene rings is 1. The molecule has 9 heteroatoms. The van der Waals surface area contributed by atoms with E-state index in [4.69, 9.17) is 11.6 Å². The Bertz CT molecular complexity index is 753. The molecule has 0 aromatic heterocycles. The summed E-state index contributed by atoms with van der Waals surface area (Å²) in [5.74, 6) is -1.78. The molecule has 1 aromatic rings. The lowest BCUT2D eigenvalue weighted by atomic mass is 10.0. The van der Waals surface area contributed by atoms with Crippen LogP contribution in [0.1, 0.15) is 19.8 Å². The van der Waals surface area contributed by atoms with E-state index in [1.54, 1.807) is 12.1 Å². The van der Waals surface area contributed by atoms with Crippen molar-refractivity contribution in [2.24, 2.45) is 0 Å². The molecule has 2 aliphatic heterocycles. The van der Waals surface area contributed by atoms with Gasteiger partial charge in [-0.05, 0) is 24.3 Å². The van der Waals surface area contributed by atoms with Crippen molar-refractivity contribution in [3.8, 4) is 0 Å². The fraction of sp³-hybridized carbons (Fsp3) is 0.400. The average molecular weight is 371 g/mol. The van der Waals surface area contributed by atoms with Gasteiger partial charge in [-0.2, -0.15) is 0 Å². The molecule has 2 fully saturated rings. The van der Waals surface area contributed by atoms with Gasteiger partial charge in [0.1, 0.15) is 0 Å². The topological polar surface area (TPSA) is 104 Å². The van der Waals surface area contributed by atoms with Crippen molar-refractivity contribution in [3.63, 3.8) is 0 Å². The van der Waals surface area contributed by atoms with Crippen molar-refractivity contribution in [1.82, 2.24) is 4.90 Å². The van der Waals surface area contributed by atoms with E-state index in [2.05, 4.69) is 5.32 Å². The molecular weight excluding hydrogens is 356 g/mol. The second-order valence-corrected chi connectivity index (χ2v) is 8.50. The van der Waals surface area contributed by atoms with Gasteiger partial charge in [-0.3, -0.25) is 13.8 Å². The molecule has 4 atom stereocenters. The van der Waals surface area contributed by atoms with Crippen molar-refractivity contribution in [3.05, 3.63) is 24.3 Å². The van der Waals surface area contributed by atoms with Crippen LogP contribution in [0.2, 0.25) is 0 Å². The molecule has 128 valence electrons. The number of carbonyl (C=O) groups is 3. The van der Waals surface area contributed by atoms with Gasteiger partial charge < -0.3 is 15.3 Å². The molecule has 7 nitrogen and oxygen atoms in total. The molecule has 0 spiro atoms. The number of hydrogen-bond acceptors (Lipinski definition) is 4. The minimum atomic E-state index is -1.83. The third-order valence-electron chi connectivity index (χ3n) is 4.22. The van der Waals surface area contributed by atoms with E-state index in [0.717, 1.165) is 0 Å². The predicted octanol–water partition coefficient (Wildman–Crippen LogP) is 1.15. The zero-order chi connectivity index (χ0) is 17.6. The van der Waals surface area contributed by atoms with Crippen LogP contribution in [-0.2, 0) is 25.2 Å². The smallest absolute Gasteiger partial charge is 0.329 e. The van der Waals surface area contributed by atoms with E-state index < -0.39 is 27.0 Å². The van der Waals surface area contributed by atoms with Gasteiger partial charge >= 0.3 is 5.97 Å². The highest BCUT2D eigenvalue weighted by molar-refractivity contribution is 7.88. The lowest BCUT2D eigenvalue weighted by Crippen LogP contribution is -2.57. The summed E-state index contributed by atoms with van der Waals surface area (Å²) in [6.07, 6.45) is 0.397. The van der Waals surface area contributed by atoms with Gasteiger partial charge in [0.05, 0.1) is 10.8 Å². The van der Waals surface area contributed by atoms with Gasteiger partial charge in [-0.25, -0.2) is 4.79 Å². The maximum absolute atomic E-state index is 12.9. The summed E-state index contributed by atoms with van der Waals surface area (Å²) in [5, 5.41) is 12.1. The normalized spacial score (nSPS) is 29.6. The van der Waals surface area contributed by atoms with E-state index in [9.17, 15) is 23.7 Å². The molecule has 0 saturated carbocycles. The largest absolute Gasteiger partial charge is 0.480 e. The number of halogens is 1. The van der Waals surface area contributed by atoms with Crippen LogP contribution in [0.5, 0.6) is 0 Å². The Morgan fingerprint density at radius 3 is 2.50 bits per heavy atom. The van der Waals surface area contributed by atoms with Crippen LogP contribution in [-0.4, -0.2) is 48.3 Å². The predicted molar refractivity (Wildman–Crippen MR) is 87.0 cm³/mol. The van der Waals surface area contributed by atoms with Crippen LogP contribution >= 0.6 is 11.6 Å². The monoisotopic (exact) mass is 370 g/mol. The molecule has 0 radical (unpaired) electrons. The maximum atomic E-state index is 12.9. The third-order valence-corrected chi connectivity index (χ3v) is 6.71. The van der Waals surface area contributed by atoms with Crippen LogP contribution in [0.25, 0.3) is 0 Å². The van der Waals surface area contributed by atoms with Crippen molar-refractivity contribution < 1.29 is 23.7 Å². The highest BCUT2D eigenvalue weighted by Gasteiger charge is 2.64. The number of nitrogens with one attached hydrogen (secondary N) is 1. The van der Waals surface area contributed by atoms with E-state index in [1.807, 2.05) is 0 Å². The molecule has 2 heterocycles. The van der Waals surface area contributed by atoms with Crippen molar-refractivity contribution in [2.75, 3.05) is 5.32 Å². The van der Waals surface area contributed by atoms with Crippen molar-refractivity contribution >= 4 is 45.9 Å². The highest BCUT2D eigenvalue weighted by atomic mass is 35.5. The molecule has 1 aromatic carbocycles. The SMILES string of the molecule is CC(=O)Nc1ccc(S(=O)C2(Cl)CC3CC(=O)N3[C@@H]2C(=O)O)cc1. The lowest BCUT2D eigenvalue weighted by molar-refractivity contribution is -0.156. The fourth-order valence-electron chi connectivity index (χ4n) is 3.20. The number of rotatable bonds is 4. The van der Waals surface area contributed by atoms with Crippen LogP contribution in [0.3, 0.4) is 0 Å². The van der Waals surface area contributed by atoms with E-state index in [1.165, 1.54) is 24.0 Å². The van der Waals surface area contributed by atoms with Gasteiger partial charge in [0.15, 0.2) is 10.2 Å². The Morgan fingerprint density at radius 1 is 1.38 bits per heavy atom. The molecule has 3 rings (SSSR count). The standard InChI is InChI=1S/C15H15ClN2O5S/c1-8(19)17-9-2-4-11(5-3-9)24(23)15(16)7-10-6-12(20)18(10)13(15)14(21)22/h2-5,10,13H,6-7H2,1H3,(H,17,19)(H,21,22)/t10?,13-,15?,24?/m1/s1. The van der Waals surface area contributed by atoms with Crippen LogP contribution in [0.4, 0.5) is 5.69 Å². The minimum absolute atomic E-state index is 0.164. The lowest BCUT2D eigenvalue weighted by Gasteiger charge is -2.37. The average Bonchev–Trinajstić information content (AvgIpc) is 2.75. The quantitative estimate of drug-likeness (QED) is 0.611. The molecule has 2 N–H and O–H groups in total. The van der Waals surface area contributed by atoms with Crippen molar-refractivity contribution in [2.45, 2.75) is 41.0 Å². The van der Waals surface area contributed by atoms with Gasteiger partial charge in [0.25, 0.3) is 0 Å². The summed E-state index contributed by atoms with van der Waals surface area (Å²) in [7, 11) is -1.83.